The maximum absolute atomic E-state index is 11.9. The molecular formula is C14H17N3O9. The zero-order valence-electron chi connectivity index (χ0n) is 14.2. The normalized spacial score (nSPS) is 21.9. The van der Waals surface area contributed by atoms with Gasteiger partial charge in [-0.15, -0.1) is 0 Å². The lowest BCUT2D eigenvalue weighted by molar-refractivity contribution is -0.389. The fraction of sp³-hybridized carbons (Fsp3) is 0.571. The van der Waals surface area contributed by atoms with Crippen LogP contribution < -0.4 is 0 Å². The van der Waals surface area contributed by atoms with Crippen LogP contribution in [0.4, 0.5) is 5.82 Å². The molecule has 2 rings (SSSR count). The molecule has 0 aromatic carbocycles. The topological polar surface area (TPSA) is 149 Å². The molecule has 12 heteroatoms. The van der Waals surface area contributed by atoms with Gasteiger partial charge in [-0.3, -0.25) is 14.2 Å². The molecule has 0 unspecified atom stereocenters. The number of nitro groups is 1. The standard InChI is InChI=1S/C14H17N3O9/c1-7(18)24-5-10-9(25-8(2)19)4-11(26-10)16-6-15-13(17(21)22)12(16)14(20)23-3/h6,9-11H,4-5H2,1-3H3/t9-,10-,11+/m0/s1. The Kier molecular flexibility index (Phi) is 5.87. The van der Waals surface area contributed by atoms with Crippen molar-refractivity contribution in [3.8, 4) is 0 Å². The Morgan fingerprint density at radius 3 is 2.62 bits per heavy atom. The van der Waals surface area contributed by atoms with E-state index in [0.29, 0.717) is 0 Å². The van der Waals surface area contributed by atoms with Crippen LogP contribution in [-0.2, 0) is 28.5 Å². The van der Waals surface area contributed by atoms with Gasteiger partial charge in [-0.05, 0) is 9.91 Å². The number of aromatic nitrogens is 2. The molecule has 0 spiro atoms. The number of carbonyl (C=O) groups excluding carboxylic acids is 3. The Balaban J connectivity index is 2.30. The molecule has 0 N–H and O–H groups in total. The minimum absolute atomic E-state index is 0.0724. The molecular weight excluding hydrogens is 354 g/mol. The van der Waals surface area contributed by atoms with E-state index in [0.717, 1.165) is 18.0 Å². The summed E-state index contributed by atoms with van der Waals surface area (Å²) < 4.78 is 21.4. The molecule has 1 aromatic rings. The predicted molar refractivity (Wildman–Crippen MR) is 80.9 cm³/mol. The van der Waals surface area contributed by atoms with Gasteiger partial charge in [0.05, 0.1) is 7.11 Å². The summed E-state index contributed by atoms with van der Waals surface area (Å²) in [5, 5.41) is 11.1. The van der Waals surface area contributed by atoms with Crippen molar-refractivity contribution >= 4 is 23.7 Å². The van der Waals surface area contributed by atoms with Gasteiger partial charge >= 0.3 is 23.7 Å². The summed E-state index contributed by atoms with van der Waals surface area (Å²) in [7, 11) is 1.07. The highest BCUT2D eigenvalue weighted by Crippen LogP contribution is 2.34. The molecule has 3 atom stereocenters. The van der Waals surface area contributed by atoms with Crippen molar-refractivity contribution in [2.45, 2.75) is 38.7 Å². The lowest BCUT2D eigenvalue weighted by Crippen LogP contribution is -2.31. The first-order valence-electron chi connectivity index (χ1n) is 7.50. The third-order valence-corrected chi connectivity index (χ3v) is 3.59. The first-order valence-corrected chi connectivity index (χ1v) is 7.50. The Labute approximate surface area is 147 Å². The average molecular weight is 371 g/mol. The third-order valence-electron chi connectivity index (χ3n) is 3.59. The molecule has 1 aliphatic heterocycles. The smallest absolute Gasteiger partial charge is 0.396 e. The van der Waals surface area contributed by atoms with Crippen LogP contribution in [0.3, 0.4) is 0 Å². The van der Waals surface area contributed by atoms with Crippen molar-refractivity contribution in [3.63, 3.8) is 0 Å². The van der Waals surface area contributed by atoms with Crippen molar-refractivity contribution in [1.29, 1.82) is 0 Å². The van der Waals surface area contributed by atoms with Gasteiger partial charge in [0.25, 0.3) is 0 Å². The molecule has 12 nitrogen and oxygen atoms in total. The van der Waals surface area contributed by atoms with Crippen LogP contribution in [0.2, 0.25) is 0 Å². The fourth-order valence-corrected chi connectivity index (χ4v) is 2.55. The quantitative estimate of drug-likeness (QED) is 0.297. The van der Waals surface area contributed by atoms with E-state index < -0.39 is 52.8 Å². The first-order chi connectivity index (χ1) is 12.2. The van der Waals surface area contributed by atoms with E-state index >= 15 is 0 Å². The van der Waals surface area contributed by atoms with Gasteiger partial charge in [-0.2, -0.15) is 0 Å². The van der Waals surface area contributed by atoms with E-state index in [-0.39, 0.29) is 13.0 Å². The van der Waals surface area contributed by atoms with E-state index in [1.54, 1.807) is 0 Å². The number of hydrogen-bond acceptors (Lipinski definition) is 10. The molecule has 0 bridgehead atoms. The molecule has 1 aromatic heterocycles. The average Bonchev–Trinajstić information content (AvgIpc) is 3.15. The Bertz CT molecular complexity index is 729. The number of hydrogen-bond donors (Lipinski definition) is 0. The number of methoxy groups -OCH3 is 1. The molecule has 0 amide bonds. The van der Waals surface area contributed by atoms with Crippen LogP contribution in [0, 0.1) is 10.1 Å². The molecule has 1 saturated heterocycles. The number of imidazole rings is 1. The maximum Gasteiger partial charge on any atom is 0.396 e. The monoisotopic (exact) mass is 371 g/mol. The van der Waals surface area contributed by atoms with Gasteiger partial charge in [0, 0.05) is 20.3 Å². The second-order valence-electron chi connectivity index (χ2n) is 5.39. The summed E-state index contributed by atoms with van der Waals surface area (Å²) in [4.78, 5) is 48.1. The van der Waals surface area contributed by atoms with Crippen LogP contribution >= 0.6 is 0 Å². The summed E-state index contributed by atoms with van der Waals surface area (Å²) in [6, 6.07) is 0. The minimum atomic E-state index is -0.967. The van der Waals surface area contributed by atoms with Crippen LogP contribution in [-0.4, -0.2) is 58.3 Å². The molecule has 142 valence electrons. The minimum Gasteiger partial charge on any atom is -0.464 e. The second-order valence-corrected chi connectivity index (χ2v) is 5.39. The SMILES string of the molecule is COC(=O)c1c([N+](=O)[O-])ncn1[C@H]1C[C@H](OC(C)=O)[C@H](COC(C)=O)O1. The van der Waals surface area contributed by atoms with Crippen molar-refractivity contribution in [2.24, 2.45) is 0 Å². The van der Waals surface area contributed by atoms with Crippen LogP contribution in [0.15, 0.2) is 6.33 Å². The van der Waals surface area contributed by atoms with Gasteiger partial charge < -0.3 is 29.1 Å². The number of nitrogens with zero attached hydrogens (tertiary/aromatic N) is 3. The summed E-state index contributed by atoms with van der Waals surface area (Å²) in [5.74, 6) is -2.78. The van der Waals surface area contributed by atoms with E-state index in [1.165, 1.54) is 13.8 Å². The molecule has 0 saturated carbocycles. The summed E-state index contributed by atoms with van der Waals surface area (Å²) in [6.45, 7) is 2.23. The molecule has 26 heavy (non-hydrogen) atoms. The van der Waals surface area contributed by atoms with E-state index in [1.807, 2.05) is 0 Å². The van der Waals surface area contributed by atoms with Gasteiger partial charge in [-0.1, -0.05) is 0 Å². The van der Waals surface area contributed by atoms with Gasteiger partial charge in [0.15, 0.2) is 0 Å². The van der Waals surface area contributed by atoms with E-state index in [9.17, 15) is 24.5 Å². The highest BCUT2D eigenvalue weighted by molar-refractivity contribution is 5.91. The highest BCUT2D eigenvalue weighted by Gasteiger charge is 2.42. The molecule has 1 aliphatic rings. The second kappa shape index (κ2) is 7.91. The molecule has 0 aliphatic carbocycles. The number of carbonyl (C=O) groups is 3. The van der Waals surface area contributed by atoms with Crippen molar-refractivity contribution in [1.82, 2.24) is 9.55 Å². The fourth-order valence-electron chi connectivity index (χ4n) is 2.55. The van der Waals surface area contributed by atoms with Gasteiger partial charge in [0.1, 0.15) is 25.0 Å². The number of ether oxygens (including phenoxy) is 4. The molecule has 1 fully saturated rings. The van der Waals surface area contributed by atoms with Crippen molar-refractivity contribution in [3.05, 3.63) is 22.1 Å². The Morgan fingerprint density at radius 2 is 2.08 bits per heavy atom. The Morgan fingerprint density at radius 1 is 1.38 bits per heavy atom. The summed E-state index contributed by atoms with van der Waals surface area (Å²) >= 11 is 0. The van der Waals surface area contributed by atoms with Crippen LogP contribution in [0.1, 0.15) is 37.0 Å². The maximum atomic E-state index is 11.9. The molecule has 0 radical (unpaired) electrons. The van der Waals surface area contributed by atoms with Crippen LogP contribution in [0.25, 0.3) is 0 Å². The highest BCUT2D eigenvalue weighted by atomic mass is 16.6. The summed E-state index contributed by atoms with van der Waals surface area (Å²) in [6.07, 6.45) is -1.35. The predicted octanol–water partition coefficient (Wildman–Crippen LogP) is 0.360. The largest absolute Gasteiger partial charge is 0.464 e. The van der Waals surface area contributed by atoms with Crippen molar-refractivity contribution in [2.75, 3.05) is 13.7 Å². The summed E-state index contributed by atoms with van der Waals surface area (Å²) in [5.41, 5.74) is -0.405. The Hall–Kier alpha value is -3.02. The van der Waals surface area contributed by atoms with Gasteiger partial charge in [-0.25, -0.2) is 4.79 Å². The lowest BCUT2D eigenvalue weighted by Gasteiger charge is -2.17. The first kappa shape index (κ1) is 19.3. The van der Waals surface area contributed by atoms with Crippen molar-refractivity contribution < 1.29 is 38.3 Å². The lowest BCUT2D eigenvalue weighted by atomic mass is 10.2. The number of rotatable bonds is 6. The zero-order valence-corrected chi connectivity index (χ0v) is 14.2. The third kappa shape index (κ3) is 4.14. The van der Waals surface area contributed by atoms with E-state index in [2.05, 4.69) is 9.72 Å². The van der Waals surface area contributed by atoms with Crippen LogP contribution in [0.5, 0.6) is 0 Å². The van der Waals surface area contributed by atoms with E-state index in [4.69, 9.17) is 14.2 Å². The number of esters is 3. The zero-order chi connectivity index (χ0) is 19.4. The van der Waals surface area contributed by atoms with Gasteiger partial charge in [0.2, 0.25) is 12.0 Å². The molecule has 2 heterocycles.